The first-order valence-electron chi connectivity index (χ1n) is 7.18. The van der Waals surface area contributed by atoms with Crippen LogP contribution in [0.3, 0.4) is 0 Å². The van der Waals surface area contributed by atoms with Gasteiger partial charge in [-0.05, 0) is 48.4 Å². The molecule has 2 nitrogen and oxygen atoms in total. The predicted molar refractivity (Wildman–Crippen MR) is 90.1 cm³/mol. The lowest BCUT2D eigenvalue weighted by molar-refractivity contribution is 0.444. The average Bonchev–Trinajstić information content (AvgIpc) is 3.26. The maximum Gasteiger partial charge on any atom is 0.103 e. The quantitative estimate of drug-likeness (QED) is 0.655. The Balaban J connectivity index is 1.64. The molecule has 1 unspecified atom stereocenters. The minimum absolute atomic E-state index is 0.302. The van der Waals surface area contributed by atoms with Crippen LogP contribution in [-0.4, -0.2) is 6.04 Å². The fraction of sp³-hybridized carbons (Fsp3) is 0.294. The third-order valence-corrected chi connectivity index (χ3v) is 5.38. The Kier molecular flexibility index (Phi) is 4.91. The van der Waals surface area contributed by atoms with Crippen molar-refractivity contribution in [3.63, 3.8) is 0 Å². The molecule has 1 atom stereocenters. The molecule has 0 fully saturated rings. The van der Waals surface area contributed by atoms with Crippen LogP contribution in [-0.2, 0) is 6.42 Å². The zero-order valence-corrected chi connectivity index (χ0v) is 13.6. The maximum atomic E-state index is 5.41. The van der Waals surface area contributed by atoms with E-state index in [0.29, 0.717) is 12.1 Å². The standard InChI is InChI=1S/C17H19NOS2/c1-13(8-9-14-5-2-10-19-14)18-17(15-6-3-11-20-15)16-7-4-12-21-16/h2-7,10-13,17-18H,8-9H2,1H3. The van der Waals surface area contributed by atoms with E-state index >= 15 is 0 Å². The molecule has 3 rings (SSSR count). The first-order chi connectivity index (χ1) is 10.3. The summed E-state index contributed by atoms with van der Waals surface area (Å²) in [5.41, 5.74) is 0. The molecule has 0 bridgehead atoms. The minimum atomic E-state index is 0.302. The van der Waals surface area contributed by atoms with Crippen molar-refractivity contribution in [3.05, 3.63) is 68.9 Å². The number of thiophene rings is 2. The molecule has 0 aliphatic carbocycles. The summed E-state index contributed by atoms with van der Waals surface area (Å²) >= 11 is 3.63. The molecule has 0 saturated carbocycles. The molecule has 0 saturated heterocycles. The fourth-order valence-corrected chi connectivity index (χ4v) is 4.08. The van der Waals surface area contributed by atoms with Gasteiger partial charge in [-0.2, -0.15) is 0 Å². The highest BCUT2D eigenvalue weighted by atomic mass is 32.1. The predicted octanol–water partition coefficient (Wildman–Crippen LogP) is 5.10. The molecule has 4 heteroatoms. The van der Waals surface area contributed by atoms with Crippen LogP contribution in [0.2, 0.25) is 0 Å². The number of hydrogen-bond acceptors (Lipinski definition) is 4. The third-order valence-electron chi connectivity index (χ3n) is 3.51. The van der Waals surface area contributed by atoms with Gasteiger partial charge in [0.1, 0.15) is 5.76 Å². The second-order valence-corrected chi connectivity index (χ2v) is 7.11. The molecule has 0 aliphatic rings. The number of nitrogens with one attached hydrogen (secondary N) is 1. The van der Waals surface area contributed by atoms with Gasteiger partial charge >= 0.3 is 0 Å². The molecule has 0 amide bonds. The topological polar surface area (TPSA) is 25.2 Å². The first kappa shape index (κ1) is 14.6. The normalized spacial score (nSPS) is 12.9. The number of hydrogen-bond donors (Lipinski definition) is 1. The number of furan rings is 1. The van der Waals surface area contributed by atoms with E-state index in [1.54, 1.807) is 6.26 Å². The summed E-state index contributed by atoms with van der Waals surface area (Å²) in [4.78, 5) is 2.75. The molecule has 1 N–H and O–H groups in total. The lowest BCUT2D eigenvalue weighted by Gasteiger charge is -2.21. The van der Waals surface area contributed by atoms with E-state index in [0.717, 1.165) is 18.6 Å². The molecule has 21 heavy (non-hydrogen) atoms. The minimum Gasteiger partial charge on any atom is -0.469 e. The average molecular weight is 317 g/mol. The van der Waals surface area contributed by atoms with Crippen LogP contribution in [0.1, 0.15) is 34.9 Å². The van der Waals surface area contributed by atoms with Crippen LogP contribution in [0.4, 0.5) is 0 Å². The molecule has 3 heterocycles. The summed E-state index contributed by atoms with van der Waals surface area (Å²) in [6.07, 6.45) is 3.79. The Morgan fingerprint density at radius 1 is 1.05 bits per heavy atom. The fourth-order valence-electron chi connectivity index (χ4n) is 2.40. The molecule has 3 aromatic heterocycles. The van der Waals surface area contributed by atoms with Crippen LogP contribution in [0.5, 0.6) is 0 Å². The van der Waals surface area contributed by atoms with Crippen molar-refractivity contribution in [1.82, 2.24) is 5.32 Å². The lowest BCUT2D eigenvalue weighted by Crippen LogP contribution is -2.30. The van der Waals surface area contributed by atoms with E-state index in [9.17, 15) is 0 Å². The molecule has 110 valence electrons. The van der Waals surface area contributed by atoms with Crippen molar-refractivity contribution in [2.24, 2.45) is 0 Å². The maximum absolute atomic E-state index is 5.41. The Bertz CT molecular complexity index is 580. The molecule has 3 aromatic rings. The van der Waals surface area contributed by atoms with Gasteiger partial charge in [-0.3, -0.25) is 0 Å². The van der Waals surface area contributed by atoms with E-state index in [-0.39, 0.29) is 0 Å². The summed E-state index contributed by atoms with van der Waals surface area (Å²) in [5, 5.41) is 8.05. The second kappa shape index (κ2) is 7.07. The summed E-state index contributed by atoms with van der Waals surface area (Å²) in [7, 11) is 0. The Hall–Kier alpha value is -1.36. The van der Waals surface area contributed by atoms with Crippen LogP contribution in [0, 0.1) is 0 Å². The van der Waals surface area contributed by atoms with Gasteiger partial charge in [0.05, 0.1) is 12.3 Å². The first-order valence-corrected chi connectivity index (χ1v) is 8.94. The number of aryl methyl sites for hydroxylation is 1. The summed E-state index contributed by atoms with van der Waals surface area (Å²) < 4.78 is 5.41. The van der Waals surface area contributed by atoms with Crippen LogP contribution in [0.15, 0.2) is 57.8 Å². The van der Waals surface area contributed by atoms with Gasteiger partial charge < -0.3 is 9.73 Å². The van der Waals surface area contributed by atoms with Crippen LogP contribution in [0.25, 0.3) is 0 Å². The largest absolute Gasteiger partial charge is 0.469 e. The lowest BCUT2D eigenvalue weighted by atomic mass is 10.1. The molecule has 0 spiro atoms. The highest BCUT2D eigenvalue weighted by molar-refractivity contribution is 7.11. The van der Waals surface area contributed by atoms with Crippen LogP contribution < -0.4 is 5.32 Å². The van der Waals surface area contributed by atoms with Crippen LogP contribution >= 0.6 is 22.7 Å². The van der Waals surface area contributed by atoms with E-state index in [2.05, 4.69) is 47.3 Å². The SMILES string of the molecule is CC(CCc1ccco1)NC(c1cccs1)c1cccs1. The van der Waals surface area contributed by atoms with Crippen molar-refractivity contribution in [2.45, 2.75) is 31.8 Å². The molecule has 0 radical (unpaired) electrons. The van der Waals surface area contributed by atoms with Crippen molar-refractivity contribution in [1.29, 1.82) is 0 Å². The van der Waals surface area contributed by atoms with Crippen molar-refractivity contribution >= 4 is 22.7 Å². The van der Waals surface area contributed by atoms with Gasteiger partial charge in [-0.1, -0.05) is 12.1 Å². The summed E-state index contributed by atoms with van der Waals surface area (Å²) in [6.45, 7) is 2.25. The molecular formula is C17H19NOS2. The molecular weight excluding hydrogens is 298 g/mol. The highest BCUT2D eigenvalue weighted by Crippen LogP contribution is 2.29. The van der Waals surface area contributed by atoms with E-state index < -0.39 is 0 Å². The van der Waals surface area contributed by atoms with Crippen molar-refractivity contribution in [2.75, 3.05) is 0 Å². The van der Waals surface area contributed by atoms with Crippen molar-refractivity contribution < 1.29 is 4.42 Å². The smallest absolute Gasteiger partial charge is 0.103 e. The van der Waals surface area contributed by atoms with Gasteiger partial charge in [0.15, 0.2) is 0 Å². The summed E-state index contributed by atoms with van der Waals surface area (Å²) in [5.74, 6) is 1.06. The summed E-state index contributed by atoms with van der Waals surface area (Å²) in [6, 6.07) is 13.4. The van der Waals surface area contributed by atoms with Gasteiger partial charge in [-0.15, -0.1) is 22.7 Å². The van der Waals surface area contributed by atoms with E-state index in [1.165, 1.54) is 9.75 Å². The monoisotopic (exact) mass is 317 g/mol. The van der Waals surface area contributed by atoms with Gasteiger partial charge in [0.25, 0.3) is 0 Å². The number of rotatable bonds is 7. The highest BCUT2D eigenvalue weighted by Gasteiger charge is 2.18. The van der Waals surface area contributed by atoms with Gasteiger partial charge in [-0.25, -0.2) is 0 Å². The van der Waals surface area contributed by atoms with Crippen molar-refractivity contribution in [3.8, 4) is 0 Å². The zero-order chi connectivity index (χ0) is 14.5. The van der Waals surface area contributed by atoms with E-state index in [1.807, 2.05) is 34.8 Å². The van der Waals surface area contributed by atoms with E-state index in [4.69, 9.17) is 4.42 Å². The Morgan fingerprint density at radius 3 is 2.29 bits per heavy atom. The van der Waals surface area contributed by atoms with Gasteiger partial charge in [0, 0.05) is 22.2 Å². The molecule has 0 aromatic carbocycles. The second-order valence-electron chi connectivity index (χ2n) is 5.15. The molecule has 0 aliphatic heterocycles. The van der Waals surface area contributed by atoms with Gasteiger partial charge in [0.2, 0.25) is 0 Å². The Morgan fingerprint density at radius 2 is 1.76 bits per heavy atom. The zero-order valence-electron chi connectivity index (χ0n) is 12.0. The Labute approximate surface area is 133 Å². The third kappa shape index (κ3) is 3.84.